The van der Waals surface area contributed by atoms with E-state index in [1.807, 2.05) is 19.1 Å². The van der Waals surface area contributed by atoms with Gasteiger partial charge in [-0.05, 0) is 57.0 Å². The average Bonchev–Trinajstić information content (AvgIpc) is 3.19. The Bertz CT molecular complexity index is 546. The first kappa shape index (κ1) is 13.6. The number of ether oxygens (including phenoxy) is 1. The fraction of sp³-hybridized carbons (Fsp3) is 0.438. The maximum Gasteiger partial charge on any atom is 0.123 e. The van der Waals surface area contributed by atoms with Crippen molar-refractivity contribution in [3.63, 3.8) is 0 Å². The Morgan fingerprint density at radius 3 is 2.75 bits per heavy atom. The van der Waals surface area contributed by atoms with Gasteiger partial charge < -0.3 is 10.1 Å². The quantitative estimate of drug-likeness (QED) is 0.790. The molecule has 0 radical (unpaired) electrons. The second kappa shape index (κ2) is 6.37. The van der Waals surface area contributed by atoms with Gasteiger partial charge in [0.25, 0.3) is 0 Å². The smallest absolute Gasteiger partial charge is 0.123 e. The molecule has 0 amide bonds. The maximum atomic E-state index is 5.75. The Morgan fingerprint density at radius 2 is 2.10 bits per heavy atom. The number of aromatic nitrogens is 1. The molecule has 3 rings (SSSR count). The Hall–Kier alpha value is -1.39. The molecule has 0 unspecified atom stereocenters. The van der Waals surface area contributed by atoms with Crippen molar-refractivity contribution in [1.82, 2.24) is 10.3 Å². The molecule has 1 aliphatic carbocycles. The van der Waals surface area contributed by atoms with E-state index in [9.17, 15) is 0 Å². The molecule has 0 spiro atoms. The summed E-state index contributed by atoms with van der Waals surface area (Å²) in [6, 6.07) is 9.00. The molecule has 0 saturated heterocycles. The van der Waals surface area contributed by atoms with Crippen LogP contribution in [0.4, 0.5) is 0 Å². The zero-order valence-corrected chi connectivity index (χ0v) is 12.6. The van der Waals surface area contributed by atoms with Crippen molar-refractivity contribution >= 4 is 11.3 Å². The van der Waals surface area contributed by atoms with Crippen molar-refractivity contribution in [2.75, 3.05) is 13.2 Å². The zero-order valence-electron chi connectivity index (χ0n) is 11.8. The third-order valence-corrected chi connectivity index (χ3v) is 4.33. The van der Waals surface area contributed by atoms with E-state index in [1.165, 1.54) is 12.8 Å². The van der Waals surface area contributed by atoms with E-state index in [0.717, 1.165) is 47.6 Å². The molecule has 3 nitrogen and oxygen atoms in total. The molecular weight excluding hydrogens is 268 g/mol. The van der Waals surface area contributed by atoms with Crippen LogP contribution in [-0.2, 0) is 0 Å². The van der Waals surface area contributed by atoms with Crippen molar-refractivity contribution in [2.24, 2.45) is 0 Å². The lowest BCUT2D eigenvalue weighted by molar-refractivity contribution is 0.308. The van der Waals surface area contributed by atoms with E-state index in [1.54, 1.807) is 11.3 Å². The molecule has 106 valence electrons. The van der Waals surface area contributed by atoms with Crippen LogP contribution in [0.3, 0.4) is 0 Å². The lowest BCUT2D eigenvalue weighted by Gasteiger charge is -2.07. The normalized spacial score (nSPS) is 14.4. The molecule has 2 aromatic rings. The first-order valence-corrected chi connectivity index (χ1v) is 8.08. The fourth-order valence-corrected chi connectivity index (χ4v) is 2.84. The molecule has 1 aliphatic rings. The summed E-state index contributed by atoms with van der Waals surface area (Å²) in [5, 5.41) is 6.64. The second-order valence-electron chi connectivity index (χ2n) is 5.25. The van der Waals surface area contributed by atoms with E-state index in [2.05, 4.69) is 27.8 Å². The average molecular weight is 288 g/mol. The molecular formula is C16H20N2OS. The summed E-state index contributed by atoms with van der Waals surface area (Å²) in [4.78, 5) is 4.49. The van der Waals surface area contributed by atoms with Gasteiger partial charge >= 0.3 is 0 Å². The molecule has 0 aliphatic heterocycles. The Labute approximate surface area is 124 Å². The third-order valence-electron chi connectivity index (χ3n) is 3.32. The number of rotatable bonds is 7. The van der Waals surface area contributed by atoms with E-state index in [4.69, 9.17) is 4.74 Å². The van der Waals surface area contributed by atoms with Gasteiger partial charge in [-0.3, -0.25) is 0 Å². The minimum absolute atomic E-state index is 0.773. The zero-order chi connectivity index (χ0) is 13.8. The number of nitrogens with zero attached hydrogens (tertiary/aromatic N) is 1. The van der Waals surface area contributed by atoms with Gasteiger partial charge in [-0.25, -0.2) is 4.98 Å². The van der Waals surface area contributed by atoms with Crippen LogP contribution in [0.25, 0.3) is 10.6 Å². The van der Waals surface area contributed by atoms with Crippen LogP contribution >= 0.6 is 11.3 Å². The van der Waals surface area contributed by atoms with Gasteiger partial charge in [0, 0.05) is 22.7 Å². The highest BCUT2D eigenvalue weighted by Gasteiger charge is 2.19. The molecule has 1 fully saturated rings. The van der Waals surface area contributed by atoms with Crippen molar-refractivity contribution < 1.29 is 4.74 Å². The van der Waals surface area contributed by atoms with Crippen molar-refractivity contribution in [1.29, 1.82) is 0 Å². The Balaban J connectivity index is 1.45. The molecule has 1 N–H and O–H groups in total. The lowest BCUT2D eigenvalue weighted by atomic mass is 10.2. The van der Waals surface area contributed by atoms with Gasteiger partial charge in [0.2, 0.25) is 0 Å². The Morgan fingerprint density at radius 1 is 1.30 bits per heavy atom. The highest BCUT2D eigenvalue weighted by Crippen LogP contribution is 2.25. The van der Waals surface area contributed by atoms with Gasteiger partial charge in [-0.15, -0.1) is 11.3 Å². The minimum atomic E-state index is 0.773. The van der Waals surface area contributed by atoms with Gasteiger partial charge in [0.1, 0.15) is 10.8 Å². The summed E-state index contributed by atoms with van der Waals surface area (Å²) < 4.78 is 5.75. The summed E-state index contributed by atoms with van der Waals surface area (Å²) in [5.41, 5.74) is 2.24. The Kier molecular flexibility index (Phi) is 4.33. The van der Waals surface area contributed by atoms with Crippen LogP contribution in [0, 0.1) is 6.92 Å². The van der Waals surface area contributed by atoms with Gasteiger partial charge in [0.15, 0.2) is 0 Å². The van der Waals surface area contributed by atoms with Crippen molar-refractivity contribution in [2.45, 2.75) is 32.2 Å². The summed E-state index contributed by atoms with van der Waals surface area (Å²) in [6.45, 7) is 3.85. The van der Waals surface area contributed by atoms with E-state index < -0.39 is 0 Å². The molecule has 1 heterocycles. The van der Waals surface area contributed by atoms with Crippen LogP contribution in [0.1, 0.15) is 25.0 Å². The molecule has 0 atom stereocenters. The molecule has 20 heavy (non-hydrogen) atoms. The summed E-state index contributed by atoms with van der Waals surface area (Å²) in [6.07, 6.45) is 3.75. The second-order valence-corrected chi connectivity index (χ2v) is 6.11. The molecule has 1 aromatic carbocycles. The highest BCUT2D eigenvalue weighted by atomic mass is 32.1. The van der Waals surface area contributed by atoms with Gasteiger partial charge in [0.05, 0.1) is 6.61 Å². The maximum absolute atomic E-state index is 5.75. The lowest BCUT2D eigenvalue weighted by Crippen LogP contribution is -2.19. The van der Waals surface area contributed by atoms with Gasteiger partial charge in [-0.2, -0.15) is 0 Å². The summed E-state index contributed by atoms with van der Waals surface area (Å²) in [7, 11) is 0. The van der Waals surface area contributed by atoms with Crippen LogP contribution in [0.5, 0.6) is 5.75 Å². The van der Waals surface area contributed by atoms with Crippen LogP contribution in [-0.4, -0.2) is 24.2 Å². The fourth-order valence-electron chi connectivity index (χ4n) is 2.04. The molecule has 1 aromatic heterocycles. The minimum Gasteiger partial charge on any atom is -0.494 e. The number of thiazole rings is 1. The SMILES string of the molecule is Cc1csc(-c2ccc(OCCCNC3CC3)cc2)n1. The topological polar surface area (TPSA) is 34.1 Å². The van der Waals surface area contributed by atoms with Crippen LogP contribution < -0.4 is 10.1 Å². The van der Waals surface area contributed by atoms with E-state index >= 15 is 0 Å². The summed E-state index contributed by atoms with van der Waals surface area (Å²) in [5.74, 6) is 0.938. The van der Waals surface area contributed by atoms with Crippen molar-refractivity contribution in [3.8, 4) is 16.3 Å². The predicted octanol–water partition coefficient (Wildman–Crippen LogP) is 3.64. The standard InChI is InChI=1S/C16H20N2OS/c1-12-11-20-16(18-12)13-3-7-15(8-4-13)19-10-2-9-17-14-5-6-14/h3-4,7-8,11,14,17H,2,5-6,9-10H2,1H3. The first-order chi connectivity index (χ1) is 9.81. The number of hydrogen-bond acceptors (Lipinski definition) is 4. The third kappa shape index (κ3) is 3.81. The number of aryl methyl sites for hydroxylation is 1. The molecule has 1 saturated carbocycles. The van der Waals surface area contributed by atoms with E-state index in [-0.39, 0.29) is 0 Å². The monoisotopic (exact) mass is 288 g/mol. The number of benzene rings is 1. The summed E-state index contributed by atoms with van der Waals surface area (Å²) >= 11 is 1.68. The van der Waals surface area contributed by atoms with Crippen LogP contribution in [0.2, 0.25) is 0 Å². The number of nitrogens with one attached hydrogen (secondary N) is 1. The van der Waals surface area contributed by atoms with Gasteiger partial charge in [-0.1, -0.05) is 0 Å². The number of hydrogen-bond donors (Lipinski definition) is 1. The van der Waals surface area contributed by atoms with Crippen molar-refractivity contribution in [3.05, 3.63) is 35.3 Å². The molecule has 4 heteroatoms. The highest BCUT2D eigenvalue weighted by molar-refractivity contribution is 7.13. The largest absolute Gasteiger partial charge is 0.494 e. The van der Waals surface area contributed by atoms with Crippen LogP contribution in [0.15, 0.2) is 29.6 Å². The van der Waals surface area contributed by atoms with E-state index in [0.29, 0.717) is 0 Å². The predicted molar refractivity (Wildman–Crippen MR) is 83.4 cm³/mol. The molecule has 0 bridgehead atoms. The first-order valence-electron chi connectivity index (χ1n) is 7.20.